The first-order valence-corrected chi connectivity index (χ1v) is 9.23. The zero-order chi connectivity index (χ0) is 16.7. The summed E-state index contributed by atoms with van der Waals surface area (Å²) in [5.74, 6) is 1.60. The molecule has 0 bridgehead atoms. The zero-order valence-electron chi connectivity index (χ0n) is 15.0. The van der Waals surface area contributed by atoms with E-state index in [0.717, 1.165) is 24.4 Å². The van der Waals surface area contributed by atoms with Crippen LogP contribution in [0.15, 0.2) is 60.3 Å². The lowest BCUT2D eigenvalue weighted by Crippen LogP contribution is -2.34. The molecule has 1 saturated carbocycles. The summed E-state index contributed by atoms with van der Waals surface area (Å²) in [5.41, 5.74) is 6.88. The van der Waals surface area contributed by atoms with E-state index in [4.69, 9.17) is 0 Å². The molecule has 0 saturated heterocycles. The minimum atomic E-state index is 0.723. The van der Waals surface area contributed by atoms with Gasteiger partial charge in [0.2, 0.25) is 0 Å². The number of rotatable bonds is 3. The number of aryl methyl sites for hydroxylation is 1. The fourth-order valence-corrected chi connectivity index (χ4v) is 4.69. The van der Waals surface area contributed by atoms with Crippen LogP contribution in [0.3, 0.4) is 0 Å². The van der Waals surface area contributed by atoms with E-state index in [1.807, 2.05) is 0 Å². The van der Waals surface area contributed by atoms with Gasteiger partial charge in [-0.15, -0.1) is 0 Å². The third-order valence-electron chi connectivity index (χ3n) is 6.01. The van der Waals surface area contributed by atoms with E-state index in [2.05, 4.69) is 80.3 Å². The van der Waals surface area contributed by atoms with Gasteiger partial charge in [0.15, 0.2) is 0 Å². The average Bonchev–Trinajstić information content (AvgIpc) is 3.09. The third-order valence-corrected chi connectivity index (χ3v) is 6.01. The van der Waals surface area contributed by atoms with E-state index in [-0.39, 0.29) is 0 Å². The van der Waals surface area contributed by atoms with Crippen molar-refractivity contribution in [2.24, 2.45) is 11.8 Å². The maximum atomic E-state index is 2.64. The van der Waals surface area contributed by atoms with Gasteiger partial charge >= 0.3 is 0 Å². The Morgan fingerprint density at radius 2 is 1.71 bits per heavy atom. The summed E-state index contributed by atoms with van der Waals surface area (Å²) in [6, 6.07) is 18.5. The van der Waals surface area contributed by atoms with Gasteiger partial charge in [0, 0.05) is 18.3 Å². The Balaban J connectivity index is 1.54. The molecule has 1 aliphatic heterocycles. The Morgan fingerprint density at radius 1 is 0.958 bits per heavy atom. The standard InChI is InChI=1S/C23H27N/c1-16-6-4-5-7-22(16)20-12-9-19(10-13-20)15-24-18(3)14-21-11-8-17(2)23(21)24/h4-7,9-10,12-14,17,21,23H,8,11,15H2,1-3H3. The molecule has 1 heteroatoms. The first-order valence-electron chi connectivity index (χ1n) is 9.23. The number of allylic oxidation sites excluding steroid dienone is 1. The van der Waals surface area contributed by atoms with Gasteiger partial charge in [-0.05, 0) is 60.8 Å². The monoisotopic (exact) mass is 317 g/mol. The van der Waals surface area contributed by atoms with Gasteiger partial charge in [0.1, 0.15) is 0 Å². The van der Waals surface area contributed by atoms with Crippen molar-refractivity contribution in [1.82, 2.24) is 4.90 Å². The molecule has 3 unspecified atom stereocenters. The van der Waals surface area contributed by atoms with Crippen LogP contribution >= 0.6 is 0 Å². The molecule has 0 aromatic heterocycles. The van der Waals surface area contributed by atoms with Crippen molar-refractivity contribution in [3.05, 3.63) is 71.4 Å². The highest BCUT2D eigenvalue weighted by Crippen LogP contribution is 2.43. The van der Waals surface area contributed by atoms with Crippen LogP contribution in [-0.4, -0.2) is 10.9 Å². The maximum absolute atomic E-state index is 2.64. The maximum Gasteiger partial charge on any atom is 0.0429 e. The summed E-state index contributed by atoms with van der Waals surface area (Å²) in [4.78, 5) is 2.64. The fraction of sp³-hybridized carbons (Fsp3) is 0.391. The Bertz CT molecular complexity index is 756. The minimum Gasteiger partial charge on any atom is -0.367 e. The minimum absolute atomic E-state index is 0.723. The molecule has 24 heavy (non-hydrogen) atoms. The molecule has 0 amide bonds. The molecular weight excluding hydrogens is 290 g/mol. The van der Waals surface area contributed by atoms with Gasteiger partial charge in [-0.3, -0.25) is 0 Å². The highest BCUT2D eigenvalue weighted by atomic mass is 15.2. The summed E-state index contributed by atoms with van der Waals surface area (Å²) < 4.78 is 0. The number of hydrogen-bond acceptors (Lipinski definition) is 1. The molecule has 0 N–H and O–H groups in total. The van der Waals surface area contributed by atoms with Gasteiger partial charge in [0.25, 0.3) is 0 Å². The second-order valence-corrected chi connectivity index (χ2v) is 7.66. The van der Waals surface area contributed by atoms with Crippen LogP contribution in [0.1, 0.15) is 37.8 Å². The SMILES string of the molecule is CC1=CC2CCC(C)C2N1Cc1ccc(-c2ccccc2C)cc1. The molecular formula is C23H27N. The van der Waals surface area contributed by atoms with Crippen molar-refractivity contribution < 1.29 is 0 Å². The zero-order valence-corrected chi connectivity index (χ0v) is 15.0. The average molecular weight is 317 g/mol. The van der Waals surface area contributed by atoms with Crippen LogP contribution in [0.5, 0.6) is 0 Å². The lowest BCUT2D eigenvalue weighted by Gasteiger charge is -2.31. The number of fused-ring (bicyclic) bond motifs is 1. The van der Waals surface area contributed by atoms with Crippen LogP contribution in [0.25, 0.3) is 11.1 Å². The van der Waals surface area contributed by atoms with Crippen molar-refractivity contribution in [1.29, 1.82) is 0 Å². The summed E-state index contributed by atoms with van der Waals surface area (Å²) in [7, 11) is 0. The van der Waals surface area contributed by atoms with Crippen molar-refractivity contribution in [2.75, 3.05) is 0 Å². The first kappa shape index (κ1) is 15.5. The molecule has 0 radical (unpaired) electrons. The topological polar surface area (TPSA) is 3.24 Å². The fourth-order valence-electron chi connectivity index (χ4n) is 4.69. The molecule has 124 valence electrons. The molecule has 0 spiro atoms. The van der Waals surface area contributed by atoms with E-state index in [1.165, 1.54) is 40.8 Å². The Hall–Kier alpha value is -2.02. The van der Waals surface area contributed by atoms with E-state index in [0.29, 0.717) is 0 Å². The number of hydrogen-bond donors (Lipinski definition) is 0. The smallest absolute Gasteiger partial charge is 0.0429 e. The Morgan fingerprint density at radius 3 is 2.46 bits per heavy atom. The molecule has 2 aliphatic rings. The normalized spacial score (nSPS) is 25.7. The first-order chi connectivity index (χ1) is 11.6. The van der Waals surface area contributed by atoms with E-state index < -0.39 is 0 Å². The lowest BCUT2D eigenvalue weighted by atomic mass is 9.98. The molecule has 3 atom stereocenters. The molecule has 2 aromatic carbocycles. The molecule has 2 aromatic rings. The van der Waals surface area contributed by atoms with Crippen LogP contribution in [0.2, 0.25) is 0 Å². The van der Waals surface area contributed by atoms with E-state index in [1.54, 1.807) is 0 Å². The van der Waals surface area contributed by atoms with Crippen LogP contribution in [-0.2, 0) is 6.54 Å². The quantitative estimate of drug-likeness (QED) is 0.692. The Labute approximate surface area is 146 Å². The predicted octanol–water partition coefficient (Wildman–Crippen LogP) is 5.80. The van der Waals surface area contributed by atoms with E-state index >= 15 is 0 Å². The highest BCUT2D eigenvalue weighted by molar-refractivity contribution is 5.67. The summed E-state index contributed by atoms with van der Waals surface area (Å²) >= 11 is 0. The number of nitrogens with zero attached hydrogens (tertiary/aromatic N) is 1. The van der Waals surface area contributed by atoms with Gasteiger partial charge in [-0.25, -0.2) is 0 Å². The largest absolute Gasteiger partial charge is 0.367 e. The highest BCUT2D eigenvalue weighted by Gasteiger charge is 2.40. The van der Waals surface area contributed by atoms with E-state index in [9.17, 15) is 0 Å². The van der Waals surface area contributed by atoms with Crippen molar-refractivity contribution in [3.63, 3.8) is 0 Å². The van der Waals surface area contributed by atoms with Crippen LogP contribution < -0.4 is 0 Å². The molecule has 1 nitrogen and oxygen atoms in total. The third kappa shape index (κ3) is 2.66. The van der Waals surface area contributed by atoms with Gasteiger partial charge in [0.05, 0.1) is 0 Å². The lowest BCUT2D eigenvalue weighted by molar-refractivity contribution is 0.209. The number of benzene rings is 2. The van der Waals surface area contributed by atoms with Crippen molar-refractivity contribution in [3.8, 4) is 11.1 Å². The summed E-state index contributed by atoms with van der Waals surface area (Å²) in [5, 5.41) is 0. The predicted molar refractivity (Wildman–Crippen MR) is 102 cm³/mol. The second kappa shape index (κ2) is 6.12. The molecule has 4 rings (SSSR count). The second-order valence-electron chi connectivity index (χ2n) is 7.66. The Kier molecular flexibility index (Phi) is 3.96. The van der Waals surface area contributed by atoms with Gasteiger partial charge < -0.3 is 4.90 Å². The summed E-state index contributed by atoms with van der Waals surface area (Å²) in [6.07, 6.45) is 5.25. The van der Waals surface area contributed by atoms with Crippen molar-refractivity contribution >= 4 is 0 Å². The van der Waals surface area contributed by atoms with Gasteiger partial charge in [-0.1, -0.05) is 61.5 Å². The molecule has 1 heterocycles. The van der Waals surface area contributed by atoms with Crippen LogP contribution in [0, 0.1) is 18.8 Å². The molecule has 1 fully saturated rings. The molecule has 1 aliphatic carbocycles. The van der Waals surface area contributed by atoms with Crippen LogP contribution in [0.4, 0.5) is 0 Å². The van der Waals surface area contributed by atoms with Gasteiger partial charge in [-0.2, -0.15) is 0 Å². The van der Waals surface area contributed by atoms with Crippen molar-refractivity contribution in [2.45, 2.75) is 46.2 Å². The summed E-state index contributed by atoms with van der Waals surface area (Å²) in [6.45, 7) is 7.93.